The van der Waals surface area contributed by atoms with Crippen LogP contribution in [0.1, 0.15) is 23.7 Å². The molecule has 0 aliphatic carbocycles. The Morgan fingerprint density at radius 1 is 0.643 bits per heavy atom. The lowest BCUT2D eigenvalue weighted by molar-refractivity contribution is -0.452. The minimum atomic E-state index is -8.61. The third-order valence-electron chi connectivity index (χ3n) is 5.19. The van der Waals surface area contributed by atoms with Gasteiger partial charge in [-0.15, -0.1) is 0 Å². The highest BCUT2D eigenvalue weighted by Crippen LogP contribution is 2.64. The Bertz CT molecular complexity index is 1200. The molecule has 240 valence electrons. The van der Waals surface area contributed by atoms with E-state index in [1.54, 1.807) is 0 Å². The molecule has 0 radical (unpaired) electrons. The molecule has 0 N–H and O–H groups in total. The highest BCUT2D eigenvalue weighted by molar-refractivity contribution is 5.91. The average Bonchev–Trinajstić information content (AvgIpc) is 2.81. The van der Waals surface area contributed by atoms with Crippen LogP contribution in [0.2, 0.25) is 0 Å². The summed E-state index contributed by atoms with van der Waals surface area (Å²) in [5.74, 6) is -64.7. The standard InChI is InChI=1S/C18H10F16N2O6/c1-11(19,20)13(23,24)15(27,28)17(31,32)18(33,34)16(29,30)14(25,26)12(21,22)2-3-42-10(37)7-4-8(35(38)39)6-9(5-7)36(40)41/h4-6H,2-3H2,1H3. The molecule has 1 rings (SSSR count). The normalized spacial score (nSPS) is 14.5. The highest BCUT2D eigenvalue weighted by Gasteiger charge is 2.94. The summed E-state index contributed by atoms with van der Waals surface area (Å²) in [6, 6.07) is 0.633. The molecule has 0 aromatic heterocycles. The first-order valence-corrected chi connectivity index (χ1v) is 9.98. The minimum Gasteiger partial charge on any atom is -0.462 e. The number of hydrogen-bond acceptors (Lipinski definition) is 6. The molecule has 0 saturated carbocycles. The van der Waals surface area contributed by atoms with Gasteiger partial charge in [-0.2, -0.15) is 70.2 Å². The van der Waals surface area contributed by atoms with E-state index >= 15 is 0 Å². The number of esters is 1. The van der Waals surface area contributed by atoms with Crippen molar-refractivity contribution in [3.8, 4) is 0 Å². The van der Waals surface area contributed by atoms with E-state index in [0.717, 1.165) is 0 Å². The smallest absolute Gasteiger partial charge is 0.384 e. The van der Waals surface area contributed by atoms with E-state index in [2.05, 4.69) is 4.74 Å². The van der Waals surface area contributed by atoms with Crippen LogP contribution in [0.5, 0.6) is 0 Å². The van der Waals surface area contributed by atoms with Gasteiger partial charge in [-0.25, -0.2) is 4.79 Å². The molecule has 1 aromatic carbocycles. The number of hydrogen-bond donors (Lipinski definition) is 0. The van der Waals surface area contributed by atoms with Gasteiger partial charge in [0.15, 0.2) is 0 Å². The molecule has 8 nitrogen and oxygen atoms in total. The van der Waals surface area contributed by atoms with Crippen molar-refractivity contribution in [1.29, 1.82) is 0 Å². The maximum absolute atomic E-state index is 13.9. The van der Waals surface area contributed by atoms with Crippen LogP contribution in [0.15, 0.2) is 18.2 Å². The van der Waals surface area contributed by atoms with Gasteiger partial charge >= 0.3 is 53.3 Å². The van der Waals surface area contributed by atoms with Crippen LogP contribution in [-0.4, -0.2) is 69.8 Å². The third-order valence-corrected chi connectivity index (χ3v) is 5.19. The molecule has 0 atom stereocenters. The lowest BCUT2D eigenvalue weighted by atomic mass is 9.87. The monoisotopic (exact) mass is 654 g/mol. The SMILES string of the molecule is CC(F)(F)C(F)(F)C(F)(F)C(F)(F)C(F)(F)C(F)(F)C(F)(F)C(F)(F)CCOC(=O)c1cc([N+](=O)[O-])cc([N+](=O)[O-])c1. The average molecular weight is 654 g/mol. The van der Waals surface area contributed by atoms with Crippen LogP contribution in [-0.2, 0) is 4.74 Å². The number of nitro benzene ring substituents is 2. The Hall–Kier alpha value is -3.63. The van der Waals surface area contributed by atoms with Gasteiger partial charge in [-0.1, -0.05) is 0 Å². The van der Waals surface area contributed by atoms with E-state index in [1.165, 1.54) is 0 Å². The second-order valence-electron chi connectivity index (χ2n) is 8.18. The Morgan fingerprint density at radius 2 is 0.976 bits per heavy atom. The van der Waals surface area contributed by atoms with Crippen molar-refractivity contribution in [2.45, 2.75) is 60.7 Å². The summed E-state index contributed by atoms with van der Waals surface area (Å²) >= 11 is 0. The van der Waals surface area contributed by atoms with E-state index < -0.39 is 100 Å². The molecule has 0 fully saturated rings. The van der Waals surface area contributed by atoms with Gasteiger partial charge in [-0.05, 0) is 0 Å². The van der Waals surface area contributed by atoms with Crippen LogP contribution in [0.4, 0.5) is 81.6 Å². The fourth-order valence-electron chi connectivity index (χ4n) is 2.73. The Morgan fingerprint density at radius 3 is 1.31 bits per heavy atom. The zero-order valence-corrected chi connectivity index (χ0v) is 19.5. The number of ether oxygens (including phenoxy) is 1. The van der Waals surface area contributed by atoms with Gasteiger partial charge in [0.05, 0.1) is 34.5 Å². The van der Waals surface area contributed by atoms with E-state index in [0.29, 0.717) is 0 Å². The van der Waals surface area contributed by atoms with Crippen LogP contribution >= 0.6 is 0 Å². The number of benzene rings is 1. The quantitative estimate of drug-likeness (QED) is 0.0967. The summed E-state index contributed by atoms with van der Waals surface area (Å²) in [6.07, 6.45) is -3.06. The zero-order valence-electron chi connectivity index (χ0n) is 19.5. The van der Waals surface area contributed by atoms with Gasteiger partial charge in [0.25, 0.3) is 11.4 Å². The number of alkyl halides is 16. The predicted octanol–water partition coefficient (Wildman–Crippen LogP) is 7.15. The minimum absolute atomic E-state index is 0.189. The van der Waals surface area contributed by atoms with Gasteiger partial charge in [0.1, 0.15) is 0 Å². The maximum atomic E-state index is 13.9. The number of non-ortho nitro benzene ring substituents is 2. The lowest BCUT2D eigenvalue weighted by Gasteiger charge is -2.43. The molecule has 1 aromatic rings. The number of rotatable bonds is 13. The molecule has 0 bridgehead atoms. The van der Waals surface area contributed by atoms with Crippen LogP contribution in [0.3, 0.4) is 0 Å². The molecule has 0 aliphatic rings. The van der Waals surface area contributed by atoms with Crippen molar-refractivity contribution < 1.29 is 89.6 Å². The third kappa shape index (κ3) is 5.57. The summed E-state index contributed by atoms with van der Waals surface area (Å²) < 4.78 is 220. The molecule has 0 aliphatic heterocycles. The van der Waals surface area contributed by atoms with Crippen molar-refractivity contribution >= 4 is 17.3 Å². The first kappa shape index (κ1) is 36.4. The van der Waals surface area contributed by atoms with E-state index in [4.69, 9.17) is 0 Å². The number of nitro groups is 2. The fraction of sp³-hybridized carbons (Fsp3) is 0.611. The van der Waals surface area contributed by atoms with Gasteiger partial charge in [0.2, 0.25) is 0 Å². The van der Waals surface area contributed by atoms with Gasteiger partial charge in [0, 0.05) is 19.1 Å². The molecule has 0 amide bonds. The van der Waals surface area contributed by atoms with Crippen LogP contribution in [0.25, 0.3) is 0 Å². The van der Waals surface area contributed by atoms with Crippen molar-refractivity contribution in [3.05, 3.63) is 44.0 Å². The summed E-state index contributed by atoms with van der Waals surface area (Å²) in [5, 5.41) is 21.5. The molecule has 24 heteroatoms. The summed E-state index contributed by atoms with van der Waals surface area (Å²) in [5.41, 5.74) is -3.64. The first-order valence-electron chi connectivity index (χ1n) is 9.98. The molecule has 0 saturated heterocycles. The van der Waals surface area contributed by atoms with E-state index in [9.17, 15) is 95.3 Å². The summed E-state index contributed by atoms with van der Waals surface area (Å²) in [4.78, 5) is 30.7. The summed E-state index contributed by atoms with van der Waals surface area (Å²) in [6.45, 7) is -3.56. The molecule has 42 heavy (non-hydrogen) atoms. The maximum Gasteiger partial charge on any atom is 0.384 e. The molecule has 0 unspecified atom stereocenters. The van der Waals surface area contributed by atoms with Crippen molar-refractivity contribution in [2.75, 3.05) is 6.61 Å². The predicted molar refractivity (Wildman–Crippen MR) is 99.9 cm³/mol. The zero-order chi connectivity index (χ0) is 33.7. The van der Waals surface area contributed by atoms with Crippen molar-refractivity contribution in [3.63, 3.8) is 0 Å². The lowest BCUT2D eigenvalue weighted by Crippen LogP contribution is -2.74. The second-order valence-corrected chi connectivity index (χ2v) is 8.18. The molecule has 0 heterocycles. The molecular formula is C18H10F16N2O6. The largest absolute Gasteiger partial charge is 0.462 e. The van der Waals surface area contributed by atoms with Crippen molar-refractivity contribution in [1.82, 2.24) is 0 Å². The number of halogens is 16. The molecule has 0 spiro atoms. The summed E-state index contributed by atoms with van der Waals surface area (Å²) in [7, 11) is 0. The van der Waals surface area contributed by atoms with Gasteiger partial charge in [-0.3, -0.25) is 20.2 Å². The highest BCUT2D eigenvalue weighted by atomic mass is 19.4. The van der Waals surface area contributed by atoms with Crippen molar-refractivity contribution in [2.24, 2.45) is 0 Å². The van der Waals surface area contributed by atoms with E-state index in [-0.39, 0.29) is 18.2 Å². The number of nitrogens with zero attached hydrogens (tertiary/aromatic N) is 2. The van der Waals surface area contributed by atoms with Gasteiger partial charge < -0.3 is 4.74 Å². The van der Waals surface area contributed by atoms with E-state index in [1.807, 2.05) is 0 Å². The topological polar surface area (TPSA) is 113 Å². The Kier molecular flexibility index (Phi) is 9.16. The molecular weight excluding hydrogens is 644 g/mol. The Labute approximate surface area is 219 Å². The fourth-order valence-corrected chi connectivity index (χ4v) is 2.73. The van der Waals surface area contributed by atoms with Crippen LogP contribution < -0.4 is 0 Å². The number of carbonyl (C=O) groups excluding carboxylic acids is 1. The second kappa shape index (κ2) is 10.6. The number of carbonyl (C=O) groups is 1. The van der Waals surface area contributed by atoms with Crippen LogP contribution in [0, 0.1) is 20.2 Å². The Balaban J connectivity index is 3.35. The first-order chi connectivity index (χ1) is 18.3.